The van der Waals surface area contributed by atoms with Crippen molar-refractivity contribution in [1.82, 2.24) is 0 Å². The molecule has 0 aliphatic carbocycles. The number of rotatable bonds is 5. The largest absolute Gasteiger partial charge is 0.425 e. The van der Waals surface area contributed by atoms with Gasteiger partial charge in [-0.05, 0) is 16.9 Å². The first-order valence-corrected chi connectivity index (χ1v) is 10.6. The summed E-state index contributed by atoms with van der Waals surface area (Å²) in [5, 5.41) is 11.2. The van der Waals surface area contributed by atoms with E-state index < -0.39 is 27.4 Å². The molecule has 156 valence electrons. The summed E-state index contributed by atoms with van der Waals surface area (Å²) >= 11 is 0. The summed E-state index contributed by atoms with van der Waals surface area (Å²) < 4.78 is 18.4. The molecule has 7 heteroatoms. The molecule has 0 fully saturated rings. The lowest BCUT2D eigenvalue weighted by molar-refractivity contribution is -0.387. The van der Waals surface area contributed by atoms with Crippen molar-refractivity contribution in [2.45, 2.75) is 57.3 Å². The van der Waals surface area contributed by atoms with E-state index >= 15 is 0 Å². The molecule has 0 aromatic heterocycles. The summed E-state index contributed by atoms with van der Waals surface area (Å²) in [6, 6.07) is 11.5. The summed E-state index contributed by atoms with van der Waals surface area (Å²) in [5.74, 6) is -0.687. The van der Waals surface area contributed by atoms with Crippen molar-refractivity contribution >= 4 is 22.5 Å². The van der Waals surface area contributed by atoms with E-state index in [4.69, 9.17) is 4.74 Å². The van der Waals surface area contributed by atoms with Gasteiger partial charge in [0.1, 0.15) is 16.4 Å². The van der Waals surface area contributed by atoms with Crippen LogP contribution in [0.2, 0.25) is 0 Å². The minimum Gasteiger partial charge on any atom is -0.425 e. The number of nitrogens with zero attached hydrogens (tertiary/aromatic N) is 1. The molecular formula is C22H27NO5S. The Hall–Kier alpha value is -2.54. The highest BCUT2D eigenvalue weighted by molar-refractivity contribution is 7.85. The van der Waals surface area contributed by atoms with Gasteiger partial charge in [0, 0.05) is 17.2 Å². The van der Waals surface area contributed by atoms with Crippen LogP contribution >= 0.6 is 0 Å². The number of ether oxygens (including phenoxy) is 1. The van der Waals surface area contributed by atoms with Crippen LogP contribution in [-0.4, -0.2) is 20.9 Å². The second-order valence-corrected chi connectivity index (χ2v) is 10.3. The van der Waals surface area contributed by atoms with Crippen molar-refractivity contribution < 1.29 is 18.7 Å². The quantitative estimate of drug-likeness (QED) is 0.299. The zero-order valence-electron chi connectivity index (χ0n) is 17.6. The Morgan fingerprint density at radius 2 is 1.48 bits per heavy atom. The predicted molar refractivity (Wildman–Crippen MR) is 114 cm³/mol. The standard InChI is InChI=1S/C22H27NO5S/c1-21(2,3)15-10-9-11-16(22(4,5)6)20(15)28-19(24)14-29(27)18-13-8-7-12-17(18)23(25)26/h7-13H,14H2,1-6H3. The summed E-state index contributed by atoms with van der Waals surface area (Å²) in [5.41, 5.74) is 0.927. The molecule has 0 amide bonds. The van der Waals surface area contributed by atoms with E-state index in [0.29, 0.717) is 5.75 Å². The van der Waals surface area contributed by atoms with E-state index in [1.54, 1.807) is 6.07 Å². The summed E-state index contributed by atoms with van der Waals surface area (Å²) in [7, 11) is -1.89. The maximum atomic E-state index is 12.7. The number of hydrogen-bond donors (Lipinski definition) is 0. The van der Waals surface area contributed by atoms with Gasteiger partial charge in [-0.3, -0.25) is 19.1 Å². The van der Waals surface area contributed by atoms with Crippen LogP contribution in [0.3, 0.4) is 0 Å². The van der Waals surface area contributed by atoms with Crippen molar-refractivity contribution in [3.63, 3.8) is 0 Å². The number of benzene rings is 2. The fourth-order valence-electron chi connectivity index (χ4n) is 2.96. The third-order valence-corrected chi connectivity index (χ3v) is 5.74. The van der Waals surface area contributed by atoms with Crippen molar-refractivity contribution in [2.24, 2.45) is 0 Å². The minimum absolute atomic E-state index is 0.00889. The average Bonchev–Trinajstić information content (AvgIpc) is 2.59. The maximum absolute atomic E-state index is 12.7. The highest BCUT2D eigenvalue weighted by Crippen LogP contribution is 2.39. The van der Waals surface area contributed by atoms with Crippen LogP contribution in [0.4, 0.5) is 5.69 Å². The summed E-state index contributed by atoms with van der Waals surface area (Å²) in [6.45, 7) is 12.2. The monoisotopic (exact) mass is 417 g/mol. The lowest BCUT2D eigenvalue weighted by Crippen LogP contribution is -2.24. The SMILES string of the molecule is CC(C)(C)c1cccc(C(C)(C)C)c1OC(=O)CS(=O)c1ccccc1[N+](=O)[O-]. The molecule has 0 spiro atoms. The van der Waals surface area contributed by atoms with Gasteiger partial charge >= 0.3 is 5.97 Å². The predicted octanol–water partition coefficient (Wildman–Crippen LogP) is 4.90. The number of nitro groups is 1. The van der Waals surface area contributed by atoms with Gasteiger partial charge in [-0.2, -0.15) is 0 Å². The van der Waals surface area contributed by atoms with Crippen LogP contribution in [0.1, 0.15) is 52.7 Å². The van der Waals surface area contributed by atoms with Gasteiger partial charge in [-0.15, -0.1) is 0 Å². The van der Waals surface area contributed by atoms with E-state index in [9.17, 15) is 19.1 Å². The van der Waals surface area contributed by atoms with Gasteiger partial charge in [-0.1, -0.05) is 71.9 Å². The summed E-state index contributed by atoms with van der Waals surface area (Å²) in [4.78, 5) is 23.2. The molecule has 0 aliphatic heterocycles. The van der Waals surface area contributed by atoms with Gasteiger partial charge in [0.2, 0.25) is 0 Å². The number of carbonyl (C=O) groups excluding carboxylic acids is 1. The van der Waals surface area contributed by atoms with E-state index in [0.717, 1.165) is 11.1 Å². The molecule has 0 N–H and O–H groups in total. The number of hydrogen-bond acceptors (Lipinski definition) is 5. The van der Waals surface area contributed by atoms with Gasteiger partial charge in [0.25, 0.3) is 5.69 Å². The first kappa shape index (κ1) is 22.7. The maximum Gasteiger partial charge on any atom is 0.324 e. The van der Waals surface area contributed by atoms with Crippen molar-refractivity contribution in [2.75, 3.05) is 5.75 Å². The Morgan fingerprint density at radius 1 is 0.966 bits per heavy atom. The van der Waals surface area contributed by atoms with Crippen LogP contribution in [0.25, 0.3) is 0 Å². The van der Waals surface area contributed by atoms with Crippen LogP contribution in [-0.2, 0) is 26.4 Å². The van der Waals surface area contributed by atoms with Crippen molar-refractivity contribution in [3.05, 3.63) is 63.7 Å². The fourth-order valence-corrected chi connectivity index (χ4v) is 3.99. The molecule has 0 radical (unpaired) electrons. The smallest absolute Gasteiger partial charge is 0.324 e. The molecule has 29 heavy (non-hydrogen) atoms. The number of carbonyl (C=O) groups is 1. The third kappa shape index (κ3) is 5.50. The van der Waals surface area contributed by atoms with Crippen LogP contribution in [0.15, 0.2) is 47.4 Å². The van der Waals surface area contributed by atoms with E-state index in [2.05, 4.69) is 0 Å². The Balaban J connectivity index is 2.36. The molecule has 0 saturated carbocycles. The lowest BCUT2D eigenvalue weighted by Gasteiger charge is -2.28. The Morgan fingerprint density at radius 3 is 1.97 bits per heavy atom. The lowest BCUT2D eigenvalue weighted by atomic mass is 9.79. The normalized spacial score (nSPS) is 13.0. The topological polar surface area (TPSA) is 86.5 Å². The molecule has 0 bridgehead atoms. The molecule has 1 atom stereocenters. The van der Waals surface area contributed by atoms with E-state index in [1.807, 2.05) is 59.7 Å². The van der Waals surface area contributed by atoms with E-state index in [-0.39, 0.29) is 21.4 Å². The Kier molecular flexibility index (Phi) is 6.63. The molecule has 0 saturated heterocycles. The van der Waals surface area contributed by atoms with Crippen LogP contribution in [0.5, 0.6) is 5.75 Å². The second-order valence-electron chi connectivity index (χ2n) is 8.87. The molecule has 2 rings (SSSR count). The zero-order valence-corrected chi connectivity index (χ0v) is 18.5. The molecule has 2 aromatic rings. The van der Waals surface area contributed by atoms with Gasteiger partial charge in [-0.25, -0.2) is 0 Å². The molecule has 1 unspecified atom stereocenters. The first-order chi connectivity index (χ1) is 13.3. The average molecular weight is 418 g/mol. The number of nitro benzene ring substituents is 1. The van der Waals surface area contributed by atoms with Gasteiger partial charge in [0.15, 0.2) is 0 Å². The van der Waals surface area contributed by atoms with Gasteiger partial charge in [0.05, 0.1) is 15.7 Å². The molecule has 0 heterocycles. The Labute approximate surface area is 173 Å². The molecule has 6 nitrogen and oxygen atoms in total. The molecular weight excluding hydrogens is 390 g/mol. The fraction of sp³-hybridized carbons (Fsp3) is 0.409. The van der Waals surface area contributed by atoms with Crippen LogP contribution in [0, 0.1) is 10.1 Å². The van der Waals surface area contributed by atoms with Crippen molar-refractivity contribution in [3.8, 4) is 5.75 Å². The highest BCUT2D eigenvalue weighted by Gasteiger charge is 2.29. The highest BCUT2D eigenvalue weighted by atomic mass is 32.2. The first-order valence-electron chi connectivity index (χ1n) is 9.29. The third-order valence-electron chi connectivity index (χ3n) is 4.40. The number of para-hydroxylation sites is 2. The Bertz CT molecular complexity index is 922. The number of esters is 1. The molecule has 0 aliphatic rings. The zero-order chi connectivity index (χ0) is 22.0. The van der Waals surface area contributed by atoms with Crippen LogP contribution < -0.4 is 4.74 Å². The summed E-state index contributed by atoms with van der Waals surface area (Å²) in [6.07, 6.45) is 0. The van der Waals surface area contributed by atoms with E-state index in [1.165, 1.54) is 18.2 Å². The molecule has 2 aromatic carbocycles. The van der Waals surface area contributed by atoms with Gasteiger partial charge < -0.3 is 4.74 Å². The second kappa shape index (κ2) is 8.45. The van der Waals surface area contributed by atoms with Crippen molar-refractivity contribution in [1.29, 1.82) is 0 Å². The minimum atomic E-state index is -1.89.